The highest BCUT2D eigenvalue weighted by Crippen LogP contribution is 2.23. The molecular weight excluding hydrogens is 318 g/mol. The quantitative estimate of drug-likeness (QED) is 0.505. The van der Waals surface area contributed by atoms with E-state index in [4.69, 9.17) is 5.21 Å². The van der Waals surface area contributed by atoms with Gasteiger partial charge in [0.2, 0.25) is 0 Å². The van der Waals surface area contributed by atoms with Crippen LogP contribution in [0.15, 0.2) is 73.1 Å². The van der Waals surface area contributed by atoms with Gasteiger partial charge >= 0.3 is 0 Å². The van der Waals surface area contributed by atoms with Crippen molar-refractivity contribution < 1.29 is 14.8 Å². The Hall–Kier alpha value is -3.51. The Balaban J connectivity index is 1.79. The zero-order valence-corrected chi connectivity index (χ0v) is 13.1. The maximum absolute atomic E-state index is 12.2. The van der Waals surface area contributed by atoms with E-state index in [2.05, 4.69) is 10.3 Å². The van der Waals surface area contributed by atoms with Gasteiger partial charge in [0.05, 0.1) is 5.56 Å². The molecule has 3 rings (SSSR count). The normalized spacial score (nSPS) is 10.1. The van der Waals surface area contributed by atoms with Gasteiger partial charge in [-0.1, -0.05) is 24.3 Å². The molecule has 0 fully saturated rings. The van der Waals surface area contributed by atoms with E-state index in [9.17, 15) is 9.59 Å². The van der Waals surface area contributed by atoms with Crippen LogP contribution >= 0.6 is 0 Å². The van der Waals surface area contributed by atoms with Crippen LogP contribution in [-0.2, 0) is 0 Å². The van der Waals surface area contributed by atoms with Gasteiger partial charge in [0.15, 0.2) is 0 Å². The second-order valence-electron chi connectivity index (χ2n) is 5.29. The Kier molecular flexibility index (Phi) is 4.82. The highest BCUT2D eigenvalue weighted by atomic mass is 16.5. The molecule has 1 aromatic heterocycles. The molecule has 3 aromatic rings. The van der Waals surface area contributed by atoms with Crippen LogP contribution in [0.5, 0.6) is 0 Å². The summed E-state index contributed by atoms with van der Waals surface area (Å²) in [6.07, 6.45) is 3.11. The molecule has 0 aliphatic heterocycles. The Morgan fingerprint density at radius 2 is 1.64 bits per heavy atom. The first-order valence-corrected chi connectivity index (χ1v) is 7.54. The number of benzene rings is 2. The summed E-state index contributed by atoms with van der Waals surface area (Å²) < 4.78 is 0. The first kappa shape index (κ1) is 16.4. The van der Waals surface area contributed by atoms with Crippen LogP contribution in [0.25, 0.3) is 11.1 Å². The van der Waals surface area contributed by atoms with Gasteiger partial charge < -0.3 is 5.32 Å². The lowest BCUT2D eigenvalue weighted by molar-refractivity contribution is 0.0706. The second-order valence-corrected chi connectivity index (χ2v) is 5.29. The third-order valence-electron chi connectivity index (χ3n) is 3.63. The molecule has 25 heavy (non-hydrogen) atoms. The summed E-state index contributed by atoms with van der Waals surface area (Å²) in [5.41, 5.74) is 4.85. The SMILES string of the molecule is O=C(NO)c1ccc(-c2cccc(NC(=O)c3cccnc3)c2)cc1. The smallest absolute Gasteiger partial charge is 0.274 e. The van der Waals surface area contributed by atoms with E-state index < -0.39 is 5.91 Å². The summed E-state index contributed by atoms with van der Waals surface area (Å²) in [7, 11) is 0. The van der Waals surface area contributed by atoms with Crippen molar-refractivity contribution in [3.05, 3.63) is 84.2 Å². The predicted octanol–water partition coefficient (Wildman–Crippen LogP) is 3.12. The molecular formula is C19H15N3O3. The number of carbonyl (C=O) groups is 2. The van der Waals surface area contributed by atoms with E-state index in [1.165, 1.54) is 6.20 Å². The number of hydrogen-bond donors (Lipinski definition) is 3. The number of aromatic nitrogens is 1. The van der Waals surface area contributed by atoms with E-state index in [1.54, 1.807) is 54.1 Å². The monoisotopic (exact) mass is 333 g/mol. The zero-order chi connectivity index (χ0) is 17.6. The number of pyridine rings is 1. The molecule has 3 N–H and O–H groups in total. The minimum Gasteiger partial charge on any atom is -0.322 e. The van der Waals surface area contributed by atoms with E-state index in [0.29, 0.717) is 16.8 Å². The van der Waals surface area contributed by atoms with Gasteiger partial charge in [0.1, 0.15) is 0 Å². The summed E-state index contributed by atoms with van der Waals surface area (Å²) in [6.45, 7) is 0. The minimum atomic E-state index is -0.566. The molecule has 0 unspecified atom stereocenters. The molecule has 0 radical (unpaired) electrons. The third kappa shape index (κ3) is 3.88. The first-order valence-electron chi connectivity index (χ1n) is 7.54. The lowest BCUT2D eigenvalue weighted by Crippen LogP contribution is -2.18. The van der Waals surface area contributed by atoms with Crippen molar-refractivity contribution in [2.24, 2.45) is 0 Å². The lowest BCUT2D eigenvalue weighted by atomic mass is 10.0. The second kappa shape index (κ2) is 7.37. The predicted molar refractivity (Wildman–Crippen MR) is 93.3 cm³/mol. The van der Waals surface area contributed by atoms with Crippen LogP contribution < -0.4 is 10.8 Å². The number of rotatable bonds is 4. The van der Waals surface area contributed by atoms with Crippen molar-refractivity contribution in [1.82, 2.24) is 10.5 Å². The highest BCUT2D eigenvalue weighted by Gasteiger charge is 2.08. The number of amides is 2. The van der Waals surface area contributed by atoms with Crippen LogP contribution in [0.2, 0.25) is 0 Å². The van der Waals surface area contributed by atoms with Gasteiger partial charge in [-0.05, 0) is 47.5 Å². The van der Waals surface area contributed by atoms with Gasteiger partial charge in [0, 0.05) is 23.6 Å². The van der Waals surface area contributed by atoms with Gasteiger partial charge in [0.25, 0.3) is 11.8 Å². The fourth-order valence-electron chi connectivity index (χ4n) is 2.36. The van der Waals surface area contributed by atoms with E-state index in [0.717, 1.165) is 11.1 Å². The van der Waals surface area contributed by atoms with Crippen molar-refractivity contribution in [2.75, 3.05) is 5.32 Å². The molecule has 1 heterocycles. The molecule has 0 saturated carbocycles. The zero-order valence-electron chi connectivity index (χ0n) is 13.1. The molecule has 6 heteroatoms. The average molecular weight is 333 g/mol. The fourth-order valence-corrected chi connectivity index (χ4v) is 2.36. The van der Waals surface area contributed by atoms with Crippen LogP contribution in [0.3, 0.4) is 0 Å². The van der Waals surface area contributed by atoms with Crippen LogP contribution in [-0.4, -0.2) is 22.0 Å². The molecule has 6 nitrogen and oxygen atoms in total. The molecule has 0 atom stereocenters. The van der Waals surface area contributed by atoms with Gasteiger partial charge in [-0.25, -0.2) is 5.48 Å². The molecule has 0 bridgehead atoms. The number of carbonyl (C=O) groups excluding carboxylic acids is 2. The fraction of sp³-hybridized carbons (Fsp3) is 0. The average Bonchev–Trinajstić information content (AvgIpc) is 2.68. The number of hydrogen-bond acceptors (Lipinski definition) is 4. The summed E-state index contributed by atoms with van der Waals surface area (Å²) >= 11 is 0. The molecule has 0 aliphatic carbocycles. The van der Waals surface area contributed by atoms with Crippen molar-refractivity contribution in [1.29, 1.82) is 0 Å². The van der Waals surface area contributed by atoms with E-state index in [1.807, 2.05) is 18.2 Å². The number of nitrogens with zero attached hydrogens (tertiary/aromatic N) is 1. The van der Waals surface area contributed by atoms with E-state index >= 15 is 0 Å². The number of anilines is 1. The Labute approximate surface area is 144 Å². The third-order valence-corrected chi connectivity index (χ3v) is 3.63. The summed E-state index contributed by atoms with van der Waals surface area (Å²) in [6, 6.07) is 17.5. The standard InChI is InChI=1S/C19H15N3O3/c23-18(16-4-2-10-20-12-16)21-17-5-1-3-15(11-17)13-6-8-14(9-7-13)19(24)22-25/h1-12,25H,(H,21,23)(H,22,24). The Morgan fingerprint density at radius 3 is 2.32 bits per heavy atom. The van der Waals surface area contributed by atoms with Crippen LogP contribution in [0.1, 0.15) is 20.7 Å². The van der Waals surface area contributed by atoms with Crippen molar-refractivity contribution >= 4 is 17.5 Å². The summed E-state index contributed by atoms with van der Waals surface area (Å²) in [5.74, 6) is -0.802. The lowest BCUT2D eigenvalue weighted by Gasteiger charge is -2.08. The first-order chi connectivity index (χ1) is 12.2. The minimum absolute atomic E-state index is 0.236. The molecule has 124 valence electrons. The largest absolute Gasteiger partial charge is 0.322 e. The van der Waals surface area contributed by atoms with Gasteiger partial charge in [-0.3, -0.25) is 19.8 Å². The molecule has 0 spiro atoms. The van der Waals surface area contributed by atoms with Crippen molar-refractivity contribution in [3.8, 4) is 11.1 Å². The van der Waals surface area contributed by atoms with Crippen molar-refractivity contribution in [3.63, 3.8) is 0 Å². The maximum Gasteiger partial charge on any atom is 0.274 e. The molecule has 2 aromatic carbocycles. The highest BCUT2D eigenvalue weighted by molar-refractivity contribution is 6.04. The maximum atomic E-state index is 12.2. The Morgan fingerprint density at radius 1 is 0.840 bits per heavy atom. The van der Waals surface area contributed by atoms with Crippen LogP contribution in [0, 0.1) is 0 Å². The number of hydroxylamine groups is 1. The topological polar surface area (TPSA) is 91.3 Å². The molecule has 0 aliphatic rings. The van der Waals surface area contributed by atoms with Gasteiger partial charge in [-0.2, -0.15) is 0 Å². The van der Waals surface area contributed by atoms with E-state index in [-0.39, 0.29) is 5.91 Å². The Bertz CT molecular complexity index is 893. The number of nitrogens with one attached hydrogen (secondary N) is 2. The molecule has 2 amide bonds. The summed E-state index contributed by atoms with van der Waals surface area (Å²) in [5, 5.41) is 11.5. The molecule has 0 saturated heterocycles. The van der Waals surface area contributed by atoms with Gasteiger partial charge in [-0.15, -0.1) is 0 Å². The summed E-state index contributed by atoms with van der Waals surface area (Å²) in [4.78, 5) is 27.5. The van der Waals surface area contributed by atoms with Crippen molar-refractivity contribution in [2.45, 2.75) is 0 Å². The van der Waals surface area contributed by atoms with Crippen LogP contribution in [0.4, 0.5) is 5.69 Å².